The van der Waals surface area contributed by atoms with E-state index in [1.807, 2.05) is 0 Å². The van der Waals surface area contributed by atoms with Gasteiger partial charge in [0, 0.05) is 17.9 Å². The van der Waals surface area contributed by atoms with Crippen molar-refractivity contribution >= 4 is 23.3 Å². The SMILES string of the molecule is CCOCC(=O)OCC(=O)c1ccc2c(c1)[C@H](C)C(=O)N2. The van der Waals surface area contributed by atoms with E-state index in [0.717, 1.165) is 11.3 Å². The molecular formula is C15H17NO5. The molecule has 6 heteroatoms. The van der Waals surface area contributed by atoms with Crippen LogP contribution in [0.4, 0.5) is 5.69 Å². The van der Waals surface area contributed by atoms with E-state index in [4.69, 9.17) is 9.47 Å². The molecule has 0 aromatic heterocycles. The minimum Gasteiger partial charge on any atom is -0.456 e. The van der Waals surface area contributed by atoms with E-state index in [1.165, 1.54) is 0 Å². The minimum atomic E-state index is -0.573. The molecule has 1 heterocycles. The van der Waals surface area contributed by atoms with Gasteiger partial charge in [-0.25, -0.2) is 4.79 Å². The van der Waals surface area contributed by atoms with Crippen molar-refractivity contribution in [2.24, 2.45) is 0 Å². The molecule has 21 heavy (non-hydrogen) atoms. The van der Waals surface area contributed by atoms with Gasteiger partial charge in [-0.05, 0) is 37.6 Å². The third kappa shape index (κ3) is 3.46. The normalized spacial score (nSPS) is 16.3. The van der Waals surface area contributed by atoms with Gasteiger partial charge in [0.25, 0.3) is 0 Å². The van der Waals surface area contributed by atoms with Gasteiger partial charge in [0.05, 0.1) is 5.92 Å². The van der Waals surface area contributed by atoms with Gasteiger partial charge in [-0.3, -0.25) is 9.59 Å². The molecule has 6 nitrogen and oxygen atoms in total. The summed E-state index contributed by atoms with van der Waals surface area (Å²) in [5.41, 5.74) is 1.92. The zero-order chi connectivity index (χ0) is 15.4. The number of hydrogen-bond acceptors (Lipinski definition) is 5. The Morgan fingerprint density at radius 2 is 2.05 bits per heavy atom. The van der Waals surface area contributed by atoms with Crippen LogP contribution in [0.1, 0.15) is 35.7 Å². The molecule has 0 aliphatic carbocycles. The molecule has 0 saturated carbocycles. The number of nitrogens with one attached hydrogen (secondary N) is 1. The summed E-state index contributed by atoms with van der Waals surface area (Å²) in [6.07, 6.45) is 0. The van der Waals surface area contributed by atoms with Crippen LogP contribution in [0.25, 0.3) is 0 Å². The van der Waals surface area contributed by atoms with Gasteiger partial charge < -0.3 is 14.8 Å². The Balaban J connectivity index is 1.98. The topological polar surface area (TPSA) is 81.7 Å². The summed E-state index contributed by atoms with van der Waals surface area (Å²) in [5.74, 6) is -1.25. The molecule has 1 aliphatic heterocycles. The van der Waals surface area contributed by atoms with E-state index >= 15 is 0 Å². The summed E-state index contributed by atoms with van der Waals surface area (Å²) < 4.78 is 9.72. The van der Waals surface area contributed by atoms with Crippen LogP contribution in [0, 0.1) is 0 Å². The lowest BCUT2D eigenvalue weighted by Crippen LogP contribution is -2.18. The predicted octanol–water partition coefficient (Wildman–Crippen LogP) is 1.50. The van der Waals surface area contributed by atoms with Crippen molar-refractivity contribution in [3.63, 3.8) is 0 Å². The number of Topliss-reactive ketones (excluding diaryl/α,β-unsaturated/α-hetero) is 1. The number of amides is 1. The monoisotopic (exact) mass is 291 g/mol. The number of carbonyl (C=O) groups excluding carboxylic acids is 3. The molecule has 1 amide bonds. The smallest absolute Gasteiger partial charge is 0.332 e. The van der Waals surface area contributed by atoms with Crippen molar-refractivity contribution in [1.82, 2.24) is 0 Å². The molecule has 1 aliphatic rings. The number of fused-ring (bicyclic) bond motifs is 1. The van der Waals surface area contributed by atoms with Crippen LogP contribution in [-0.4, -0.2) is 37.5 Å². The van der Waals surface area contributed by atoms with Crippen molar-refractivity contribution in [2.45, 2.75) is 19.8 Å². The van der Waals surface area contributed by atoms with Crippen LogP contribution < -0.4 is 5.32 Å². The predicted molar refractivity (Wildman–Crippen MR) is 75.3 cm³/mol. The van der Waals surface area contributed by atoms with Gasteiger partial charge in [-0.2, -0.15) is 0 Å². The summed E-state index contributed by atoms with van der Waals surface area (Å²) in [6.45, 7) is 3.45. The molecular weight excluding hydrogens is 274 g/mol. The summed E-state index contributed by atoms with van der Waals surface area (Å²) in [4.78, 5) is 34.8. The molecule has 0 saturated heterocycles. The third-order valence-electron chi connectivity index (χ3n) is 3.28. The van der Waals surface area contributed by atoms with Gasteiger partial charge in [0.15, 0.2) is 12.4 Å². The molecule has 1 aromatic carbocycles. The average molecular weight is 291 g/mol. The van der Waals surface area contributed by atoms with Gasteiger partial charge >= 0.3 is 5.97 Å². The molecule has 0 spiro atoms. The van der Waals surface area contributed by atoms with Crippen LogP contribution in [0.3, 0.4) is 0 Å². The van der Waals surface area contributed by atoms with Gasteiger partial charge in [-0.1, -0.05) is 0 Å². The molecule has 0 radical (unpaired) electrons. The van der Waals surface area contributed by atoms with Crippen molar-refractivity contribution in [2.75, 3.05) is 25.1 Å². The zero-order valence-corrected chi connectivity index (χ0v) is 12.0. The maximum Gasteiger partial charge on any atom is 0.332 e. The standard InChI is InChI=1S/C15H17NO5/c1-3-20-8-14(18)21-7-13(17)10-4-5-12-11(6-10)9(2)15(19)16-12/h4-6,9H,3,7-8H2,1-2H3,(H,16,19)/t9-/m0/s1. The molecule has 0 bridgehead atoms. The molecule has 1 aromatic rings. The molecule has 1 N–H and O–H groups in total. The lowest BCUT2D eigenvalue weighted by molar-refractivity contribution is -0.147. The van der Waals surface area contributed by atoms with Crippen LogP contribution in [0.5, 0.6) is 0 Å². The van der Waals surface area contributed by atoms with E-state index in [9.17, 15) is 14.4 Å². The number of benzene rings is 1. The van der Waals surface area contributed by atoms with Gasteiger partial charge in [-0.15, -0.1) is 0 Å². The first-order valence-electron chi connectivity index (χ1n) is 6.74. The fourth-order valence-electron chi connectivity index (χ4n) is 2.05. The van der Waals surface area contributed by atoms with Crippen molar-refractivity contribution in [3.8, 4) is 0 Å². The van der Waals surface area contributed by atoms with Crippen LogP contribution in [0.15, 0.2) is 18.2 Å². The lowest BCUT2D eigenvalue weighted by atomic mass is 9.99. The second-order valence-corrected chi connectivity index (χ2v) is 4.73. The Labute approximate surface area is 122 Å². The molecule has 0 unspecified atom stereocenters. The van der Waals surface area contributed by atoms with E-state index in [1.54, 1.807) is 32.0 Å². The Kier molecular flexibility index (Phi) is 4.70. The fourth-order valence-corrected chi connectivity index (χ4v) is 2.05. The number of anilines is 1. The minimum absolute atomic E-state index is 0.0854. The van der Waals surface area contributed by atoms with E-state index in [2.05, 4.69) is 5.32 Å². The van der Waals surface area contributed by atoms with E-state index in [-0.39, 0.29) is 30.8 Å². The Morgan fingerprint density at radius 1 is 1.29 bits per heavy atom. The second-order valence-electron chi connectivity index (χ2n) is 4.73. The average Bonchev–Trinajstić information content (AvgIpc) is 2.77. The summed E-state index contributed by atoms with van der Waals surface area (Å²) >= 11 is 0. The molecule has 0 fully saturated rings. The van der Waals surface area contributed by atoms with Crippen LogP contribution >= 0.6 is 0 Å². The molecule has 112 valence electrons. The van der Waals surface area contributed by atoms with Gasteiger partial charge in [0.1, 0.15) is 6.61 Å². The molecule has 2 rings (SSSR count). The van der Waals surface area contributed by atoms with Crippen molar-refractivity contribution < 1.29 is 23.9 Å². The van der Waals surface area contributed by atoms with Crippen molar-refractivity contribution in [3.05, 3.63) is 29.3 Å². The van der Waals surface area contributed by atoms with Gasteiger partial charge in [0.2, 0.25) is 5.91 Å². The second kappa shape index (κ2) is 6.49. The summed E-state index contributed by atoms with van der Waals surface area (Å²) in [6, 6.07) is 4.96. The largest absolute Gasteiger partial charge is 0.456 e. The van der Waals surface area contributed by atoms with E-state index in [0.29, 0.717) is 12.2 Å². The van der Waals surface area contributed by atoms with Crippen LogP contribution in [0.2, 0.25) is 0 Å². The number of ether oxygens (including phenoxy) is 2. The number of rotatable bonds is 6. The first-order chi connectivity index (χ1) is 10.0. The third-order valence-corrected chi connectivity index (χ3v) is 3.28. The maximum absolute atomic E-state index is 12.0. The summed E-state index contributed by atoms with van der Waals surface area (Å²) in [7, 11) is 0. The highest BCUT2D eigenvalue weighted by atomic mass is 16.6. The number of hydrogen-bond donors (Lipinski definition) is 1. The first-order valence-corrected chi connectivity index (χ1v) is 6.74. The fraction of sp³-hybridized carbons (Fsp3) is 0.400. The zero-order valence-electron chi connectivity index (χ0n) is 12.0. The highest BCUT2D eigenvalue weighted by Gasteiger charge is 2.27. The van der Waals surface area contributed by atoms with E-state index < -0.39 is 5.97 Å². The highest BCUT2D eigenvalue weighted by molar-refractivity contribution is 6.05. The maximum atomic E-state index is 12.0. The highest BCUT2D eigenvalue weighted by Crippen LogP contribution is 2.32. The Bertz CT molecular complexity index is 581. The Morgan fingerprint density at radius 3 is 2.76 bits per heavy atom. The quantitative estimate of drug-likeness (QED) is 0.634. The number of carbonyl (C=O) groups is 3. The Hall–Kier alpha value is -2.21. The number of ketones is 1. The summed E-state index contributed by atoms with van der Waals surface area (Å²) in [5, 5.41) is 2.73. The first kappa shape index (κ1) is 15.2. The lowest BCUT2D eigenvalue weighted by Gasteiger charge is -2.07. The van der Waals surface area contributed by atoms with Crippen LogP contribution in [-0.2, 0) is 19.1 Å². The van der Waals surface area contributed by atoms with Crippen molar-refractivity contribution in [1.29, 1.82) is 0 Å². The number of esters is 1. The molecule has 1 atom stereocenters.